The number of rotatable bonds is 6. The van der Waals surface area contributed by atoms with Crippen LogP contribution in [0.4, 0.5) is 0 Å². The van der Waals surface area contributed by atoms with Crippen molar-refractivity contribution in [3.63, 3.8) is 0 Å². The minimum Gasteiger partial charge on any atom is -0.468 e. The molecule has 0 aliphatic carbocycles. The van der Waals surface area contributed by atoms with Crippen LogP contribution in [0.1, 0.15) is 22.9 Å². The maximum absolute atomic E-state index is 13.1. The third-order valence-corrected chi connectivity index (χ3v) is 5.58. The molecule has 3 aromatic rings. The fraction of sp³-hybridized carbons (Fsp3) is 0.250. The third-order valence-electron chi connectivity index (χ3n) is 3.54. The van der Waals surface area contributed by atoms with E-state index in [1.807, 2.05) is 6.07 Å². The minimum atomic E-state index is -3.82. The number of nitrogens with zero attached hydrogens (tertiary/aromatic N) is 3. The van der Waals surface area contributed by atoms with Gasteiger partial charge in [-0.2, -0.15) is 4.31 Å². The fourth-order valence-electron chi connectivity index (χ4n) is 2.45. The summed E-state index contributed by atoms with van der Waals surface area (Å²) in [6, 6.07) is 8.82. The van der Waals surface area contributed by atoms with Gasteiger partial charge in [0.2, 0.25) is 10.0 Å². The van der Waals surface area contributed by atoms with Crippen molar-refractivity contribution in [2.45, 2.75) is 31.8 Å². The van der Waals surface area contributed by atoms with Gasteiger partial charge in [0.15, 0.2) is 5.76 Å². The van der Waals surface area contributed by atoms with Crippen LogP contribution in [0.5, 0.6) is 0 Å². The first-order valence-corrected chi connectivity index (χ1v) is 8.78. The molecule has 7 nitrogen and oxygen atoms in total. The van der Waals surface area contributed by atoms with Crippen LogP contribution in [-0.2, 0) is 23.1 Å². The molecular formula is C16H17N3O4S. The molecule has 0 radical (unpaired) electrons. The van der Waals surface area contributed by atoms with Gasteiger partial charge >= 0.3 is 0 Å². The van der Waals surface area contributed by atoms with Gasteiger partial charge in [0.25, 0.3) is 0 Å². The van der Waals surface area contributed by atoms with Gasteiger partial charge in [0.05, 0.1) is 25.0 Å². The maximum atomic E-state index is 13.1. The zero-order valence-corrected chi connectivity index (χ0v) is 14.2. The molecule has 0 unspecified atom stereocenters. The molecular weight excluding hydrogens is 330 g/mol. The SMILES string of the molecule is Cc1noc(C)c1S(=O)(=O)N(Cc1ccccn1)Cc1ccco1. The van der Waals surface area contributed by atoms with Crippen LogP contribution in [0.15, 0.2) is 56.6 Å². The number of furan rings is 1. The van der Waals surface area contributed by atoms with Gasteiger partial charge in [-0.25, -0.2) is 8.42 Å². The van der Waals surface area contributed by atoms with Crippen LogP contribution >= 0.6 is 0 Å². The van der Waals surface area contributed by atoms with E-state index in [-0.39, 0.29) is 23.7 Å². The van der Waals surface area contributed by atoms with Crippen molar-refractivity contribution in [3.8, 4) is 0 Å². The Balaban J connectivity index is 2.00. The first kappa shape index (κ1) is 16.4. The minimum absolute atomic E-state index is 0.0880. The van der Waals surface area contributed by atoms with Crippen molar-refractivity contribution < 1.29 is 17.4 Å². The summed E-state index contributed by atoms with van der Waals surface area (Å²) in [5, 5.41) is 3.75. The van der Waals surface area contributed by atoms with Crippen LogP contribution in [0.2, 0.25) is 0 Å². The predicted molar refractivity (Wildman–Crippen MR) is 85.4 cm³/mol. The van der Waals surface area contributed by atoms with Crippen molar-refractivity contribution in [2.24, 2.45) is 0 Å². The Hall–Kier alpha value is -2.45. The largest absolute Gasteiger partial charge is 0.468 e. The molecule has 0 atom stereocenters. The van der Waals surface area contributed by atoms with Crippen molar-refractivity contribution in [3.05, 3.63) is 65.7 Å². The average Bonchev–Trinajstić information content (AvgIpc) is 3.18. The molecule has 0 aliphatic heterocycles. The molecule has 0 spiro atoms. The second kappa shape index (κ2) is 6.58. The van der Waals surface area contributed by atoms with Crippen molar-refractivity contribution in [1.29, 1.82) is 0 Å². The summed E-state index contributed by atoms with van der Waals surface area (Å²) >= 11 is 0. The number of aromatic nitrogens is 2. The lowest BCUT2D eigenvalue weighted by Crippen LogP contribution is -2.31. The quantitative estimate of drug-likeness (QED) is 0.681. The highest BCUT2D eigenvalue weighted by Crippen LogP contribution is 2.26. The van der Waals surface area contributed by atoms with E-state index in [2.05, 4.69) is 10.1 Å². The van der Waals surface area contributed by atoms with Gasteiger partial charge in [-0.1, -0.05) is 11.2 Å². The Labute approximate surface area is 140 Å². The van der Waals surface area contributed by atoms with Gasteiger partial charge in [0, 0.05) is 6.20 Å². The lowest BCUT2D eigenvalue weighted by atomic mass is 10.3. The first-order valence-electron chi connectivity index (χ1n) is 7.34. The summed E-state index contributed by atoms with van der Waals surface area (Å²) in [6.07, 6.45) is 3.14. The number of aryl methyl sites for hydroxylation is 2. The molecule has 8 heteroatoms. The number of sulfonamides is 1. The van der Waals surface area contributed by atoms with Gasteiger partial charge in [-0.05, 0) is 38.1 Å². The highest BCUT2D eigenvalue weighted by Gasteiger charge is 2.32. The van der Waals surface area contributed by atoms with Gasteiger partial charge in [-0.3, -0.25) is 4.98 Å². The molecule has 0 saturated carbocycles. The Morgan fingerprint density at radius 2 is 1.96 bits per heavy atom. The van der Waals surface area contributed by atoms with Crippen LogP contribution < -0.4 is 0 Å². The normalized spacial score (nSPS) is 12.0. The van der Waals surface area contributed by atoms with Gasteiger partial charge in [0.1, 0.15) is 16.3 Å². The monoisotopic (exact) mass is 347 g/mol. The number of hydrogen-bond donors (Lipinski definition) is 0. The topological polar surface area (TPSA) is 89.4 Å². The molecule has 0 aromatic carbocycles. The summed E-state index contributed by atoms with van der Waals surface area (Å²) in [7, 11) is -3.82. The van der Waals surface area contributed by atoms with Gasteiger partial charge < -0.3 is 8.94 Å². The zero-order valence-electron chi connectivity index (χ0n) is 13.3. The van der Waals surface area contributed by atoms with Crippen LogP contribution in [0, 0.1) is 13.8 Å². The summed E-state index contributed by atoms with van der Waals surface area (Å²) in [4.78, 5) is 4.30. The van der Waals surface area contributed by atoms with Crippen molar-refractivity contribution >= 4 is 10.0 Å². The molecule has 0 aliphatic rings. The van der Waals surface area contributed by atoms with E-state index in [4.69, 9.17) is 8.94 Å². The summed E-state index contributed by atoms with van der Waals surface area (Å²) < 4.78 is 37.9. The Bertz CT molecular complexity index is 883. The highest BCUT2D eigenvalue weighted by molar-refractivity contribution is 7.89. The van der Waals surface area contributed by atoms with Crippen molar-refractivity contribution in [1.82, 2.24) is 14.4 Å². The standard InChI is InChI=1S/C16H17N3O4S/c1-12-16(13(2)23-18-12)24(20,21)19(11-15-7-5-9-22-15)10-14-6-3-4-8-17-14/h3-9H,10-11H2,1-2H3. The zero-order chi connectivity index (χ0) is 17.2. The molecule has 3 aromatic heterocycles. The third kappa shape index (κ3) is 3.24. The lowest BCUT2D eigenvalue weighted by Gasteiger charge is -2.20. The molecule has 0 bridgehead atoms. The molecule has 0 amide bonds. The molecule has 3 rings (SSSR count). The Morgan fingerprint density at radius 3 is 2.54 bits per heavy atom. The molecule has 0 saturated heterocycles. The number of hydrogen-bond acceptors (Lipinski definition) is 6. The van der Waals surface area contributed by atoms with Gasteiger partial charge in [-0.15, -0.1) is 0 Å². The van der Waals surface area contributed by atoms with E-state index >= 15 is 0 Å². The maximum Gasteiger partial charge on any atom is 0.249 e. The lowest BCUT2D eigenvalue weighted by molar-refractivity contribution is 0.353. The van der Waals surface area contributed by atoms with Crippen LogP contribution in [0.25, 0.3) is 0 Å². The van der Waals surface area contributed by atoms with E-state index in [0.29, 0.717) is 17.1 Å². The Morgan fingerprint density at radius 1 is 1.12 bits per heavy atom. The molecule has 3 heterocycles. The molecule has 0 fully saturated rings. The van der Waals surface area contributed by atoms with E-state index < -0.39 is 10.0 Å². The summed E-state index contributed by atoms with van der Waals surface area (Å²) in [6.45, 7) is 3.40. The van der Waals surface area contributed by atoms with E-state index in [0.717, 1.165) is 0 Å². The molecule has 0 N–H and O–H groups in total. The van der Waals surface area contributed by atoms with E-state index in [1.165, 1.54) is 10.6 Å². The number of pyridine rings is 1. The smallest absolute Gasteiger partial charge is 0.249 e. The summed E-state index contributed by atoms with van der Waals surface area (Å²) in [5.41, 5.74) is 0.970. The fourth-order valence-corrected chi connectivity index (χ4v) is 4.12. The second-order valence-corrected chi connectivity index (χ2v) is 7.20. The van der Waals surface area contributed by atoms with Crippen LogP contribution in [0.3, 0.4) is 0 Å². The highest BCUT2D eigenvalue weighted by atomic mass is 32.2. The van der Waals surface area contributed by atoms with Crippen LogP contribution in [-0.4, -0.2) is 22.9 Å². The Kier molecular flexibility index (Phi) is 4.50. The van der Waals surface area contributed by atoms with E-state index in [9.17, 15) is 8.42 Å². The second-order valence-electron chi connectivity index (χ2n) is 5.33. The first-order chi connectivity index (χ1) is 11.5. The molecule has 126 valence electrons. The molecule has 24 heavy (non-hydrogen) atoms. The summed E-state index contributed by atoms with van der Waals surface area (Å²) in [5.74, 6) is 0.805. The predicted octanol–water partition coefficient (Wildman–Crippen LogP) is 2.67. The van der Waals surface area contributed by atoms with E-state index in [1.54, 1.807) is 44.3 Å². The average molecular weight is 347 g/mol. The van der Waals surface area contributed by atoms with Crippen molar-refractivity contribution in [2.75, 3.05) is 0 Å².